The molecule has 2 aliphatic heterocycles. The van der Waals surface area contributed by atoms with E-state index in [2.05, 4.69) is 94.1 Å². The zero-order valence-corrected chi connectivity index (χ0v) is 61.1. The second-order valence-electron chi connectivity index (χ2n) is 30.9. The van der Waals surface area contributed by atoms with Crippen molar-refractivity contribution in [3.05, 3.63) is 356 Å². The molecule has 1 aliphatic carbocycles. The van der Waals surface area contributed by atoms with Crippen molar-refractivity contribution in [1.82, 2.24) is 9.13 Å². The predicted molar refractivity (Wildman–Crippen MR) is 465 cm³/mol. The molecule has 0 amide bonds. The van der Waals surface area contributed by atoms with Crippen molar-refractivity contribution in [2.75, 3.05) is 9.80 Å². The first-order valence-electron chi connectivity index (χ1n) is 48.4. The molecule has 109 heavy (non-hydrogen) atoms. The Morgan fingerprint density at radius 3 is 1.06 bits per heavy atom. The van der Waals surface area contributed by atoms with Crippen LogP contribution in [0.5, 0.6) is 0 Å². The highest BCUT2D eigenvalue weighted by Gasteiger charge is 2.46. The van der Waals surface area contributed by atoms with Gasteiger partial charge in [0, 0.05) is 77.9 Å². The molecule has 2 aromatic heterocycles. The Kier molecular flexibility index (Phi) is 11.2. The SMILES string of the molecule is [2H]c1c([2H])c([2H])c(-c2cc(C(C)(C)C)cc(-c3c([2H])c([2H])c([2H])c([2H])c3[2H])c2N2c3ccc(-c4cccc(-n5c6ccccc6c6ccccc65)c4)cc3B3c4cc(-c5cccc(-n6c7ccccc7c7ccccc76)c5)ccc4N(c4c(-c5c([2H])c([2H])c([2H])c([2H])c5[2H])c([2H])c(C(C)(C)C)c([2H])c4-c4c([2H])c([2H])c([2H])c([2H])c4[2H])c4cc(C5CCCCC5)cc2c43)c([2H])c1[2H]. The number of anilines is 6. The highest BCUT2D eigenvalue weighted by Crippen LogP contribution is 2.56. The van der Waals surface area contributed by atoms with Crippen molar-refractivity contribution in [2.45, 2.75) is 90.4 Å². The number of rotatable bonds is 11. The summed E-state index contributed by atoms with van der Waals surface area (Å²) in [5.41, 5.74) is 7.42. The number of hydrogen-bond acceptors (Lipinski definition) is 2. The molecule has 0 radical (unpaired) electrons. The van der Waals surface area contributed by atoms with E-state index >= 15 is 0 Å². The molecule has 0 N–H and O–H groups in total. The molecular formula is C104H85BN4. The first-order chi connectivity index (χ1) is 62.5. The third kappa shape index (κ3) is 11.2. The fourth-order valence-corrected chi connectivity index (χ4v) is 17.3. The van der Waals surface area contributed by atoms with Crippen LogP contribution in [-0.4, -0.2) is 15.8 Å². The van der Waals surface area contributed by atoms with Gasteiger partial charge in [0.05, 0.1) is 63.6 Å². The predicted octanol–water partition coefficient (Wildman–Crippen LogP) is 26.6. The van der Waals surface area contributed by atoms with Crippen molar-refractivity contribution >= 4 is 101 Å². The summed E-state index contributed by atoms with van der Waals surface area (Å²) < 4.78 is 222. The second-order valence-corrected chi connectivity index (χ2v) is 30.9. The minimum atomic E-state index is -1.27. The molecule has 0 spiro atoms. The van der Waals surface area contributed by atoms with Crippen molar-refractivity contribution in [2.24, 2.45) is 0 Å². The zero-order valence-electron chi connectivity index (χ0n) is 83.1. The third-order valence-corrected chi connectivity index (χ3v) is 22.4. The maximum Gasteiger partial charge on any atom is 0.252 e. The van der Waals surface area contributed by atoms with Gasteiger partial charge in [-0.2, -0.15) is 0 Å². The summed E-state index contributed by atoms with van der Waals surface area (Å²) in [7, 11) is 0. The van der Waals surface area contributed by atoms with Crippen LogP contribution in [0.2, 0.25) is 0 Å². The monoisotopic (exact) mass is 1420 g/mol. The van der Waals surface area contributed by atoms with Gasteiger partial charge in [0.15, 0.2) is 0 Å². The van der Waals surface area contributed by atoms with Crippen LogP contribution in [-0.2, 0) is 10.8 Å². The fourth-order valence-electron chi connectivity index (χ4n) is 17.3. The van der Waals surface area contributed by atoms with Gasteiger partial charge in [0.1, 0.15) is 0 Å². The quantitative estimate of drug-likeness (QED) is 0.120. The van der Waals surface area contributed by atoms with Crippen LogP contribution in [0.3, 0.4) is 0 Å². The average molecular weight is 1420 g/mol. The summed E-state index contributed by atoms with van der Waals surface area (Å²) in [5.74, 6) is -0.296. The number of hydrogen-bond donors (Lipinski definition) is 0. The summed E-state index contributed by atoms with van der Waals surface area (Å²) >= 11 is 0. The van der Waals surface area contributed by atoms with Crippen LogP contribution in [0.1, 0.15) is 126 Å². The first-order valence-corrected chi connectivity index (χ1v) is 37.4. The summed E-state index contributed by atoms with van der Waals surface area (Å²) in [6, 6.07) is 53.5. The highest BCUT2D eigenvalue weighted by atomic mass is 15.2. The maximum atomic E-state index is 11.1. The largest absolute Gasteiger partial charge is 0.310 e. The Morgan fingerprint density at radius 1 is 0.321 bits per heavy atom. The van der Waals surface area contributed by atoms with Gasteiger partial charge in [0.25, 0.3) is 6.71 Å². The lowest BCUT2D eigenvalue weighted by Gasteiger charge is -2.46. The van der Waals surface area contributed by atoms with Gasteiger partial charge in [-0.05, 0) is 204 Å². The molecule has 1 saturated carbocycles. The van der Waals surface area contributed by atoms with E-state index in [1.54, 1.807) is 37.8 Å². The Balaban J connectivity index is 1.02. The van der Waals surface area contributed by atoms with Crippen molar-refractivity contribution in [1.29, 1.82) is 0 Å². The Morgan fingerprint density at radius 2 is 0.679 bits per heavy atom. The highest BCUT2D eigenvalue weighted by molar-refractivity contribution is 7.00. The van der Waals surface area contributed by atoms with Crippen LogP contribution in [0, 0.1) is 0 Å². The first kappa shape index (κ1) is 46.6. The van der Waals surface area contributed by atoms with Crippen molar-refractivity contribution < 1.29 is 30.2 Å². The van der Waals surface area contributed by atoms with Gasteiger partial charge < -0.3 is 18.9 Å². The molecule has 4 heterocycles. The minimum absolute atomic E-state index is 0.00121. The minimum Gasteiger partial charge on any atom is -0.310 e. The lowest BCUT2D eigenvalue weighted by Crippen LogP contribution is -2.61. The van der Waals surface area contributed by atoms with Crippen LogP contribution in [0.4, 0.5) is 34.1 Å². The molecule has 3 aliphatic rings. The van der Waals surface area contributed by atoms with Crippen LogP contribution < -0.4 is 26.2 Å². The molecule has 0 unspecified atom stereocenters. The topological polar surface area (TPSA) is 16.3 Å². The summed E-state index contributed by atoms with van der Waals surface area (Å²) in [6.07, 6.45) is 3.67. The van der Waals surface area contributed by atoms with Gasteiger partial charge >= 0.3 is 0 Å². The van der Waals surface area contributed by atoms with Crippen LogP contribution >= 0.6 is 0 Å². The molecule has 524 valence electrons. The third-order valence-electron chi connectivity index (χ3n) is 22.4. The maximum absolute atomic E-state index is 11.1. The summed E-state index contributed by atoms with van der Waals surface area (Å²) in [4.78, 5) is 3.69. The fraction of sp³-hybridized carbons (Fsp3) is 0.135. The molecule has 0 bridgehead atoms. The van der Waals surface area contributed by atoms with E-state index in [4.69, 9.17) is 5.48 Å². The Hall–Kier alpha value is -12.4. The molecule has 0 saturated heterocycles. The molecule has 0 atom stereocenters. The molecule has 4 nitrogen and oxygen atoms in total. The molecule has 1 fully saturated rings. The lowest BCUT2D eigenvalue weighted by molar-refractivity contribution is 0.444. The summed E-state index contributed by atoms with van der Waals surface area (Å²) in [6.45, 7) is 9.92. The number of aromatic nitrogens is 2. The number of nitrogens with zero attached hydrogens (tertiary/aromatic N) is 4. The van der Waals surface area contributed by atoms with E-state index in [9.17, 15) is 24.7 Å². The average Bonchev–Trinajstić information content (AvgIpc) is 1.29. The Labute approximate surface area is 671 Å². The van der Waals surface area contributed by atoms with Gasteiger partial charge in [0.2, 0.25) is 0 Å². The van der Waals surface area contributed by atoms with Gasteiger partial charge in [-0.25, -0.2) is 0 Å². The van der Waals surface area contributed by atoms with Crippen molar-refractivity contribution in [3.8, 4) is 78.1 Å². The van der Waals surface area contributed by atoms with E-state index in [0.29, 0.717) is 68.5 Å². The van der Waals surface area contributed by atoms with Crippen LogP contribution in [0.15, 0.2) is 339 Å². The van der Waals surface area contributed by atoms with Crippen LogP contribution in [0.25, 0.3) is 122 Å². The zero-order chi connectivity index (χ0) is 92.4. The smallest absolute Gasteiger partial charge is 0.252 e. The molecule has 15 aromatic carbocycles. The number of para-hydroxylation sites is 4. The molecular weight excluding hydrogens is 1320 g/mol. The second kappa shape index (κ2) is 26.2. The van der Waals surface area contributed by atoms with E-state index in [1.165, 1.54) is 0 Å². The van der Waals surface area contributed by atoms with Gasteiger partial charge in [-0.15, -0.1) is 0 Å². The van der Waals surface area contributed by atoms with Gasteiger partial charge in [-0.3, -0.25) is 0 Å². The molecule has 5 heteroatoms. The standard InChI is InChI=1S/C104H85BN4/c1-103(2,3)78-64-86(69-34-14-8-15-35-69)101(87(65-78)70-36-16-9-17-37-70)108-96-56-54-75(73-42-30-44-80(58-73)106-92-50-26-22-46-82(92)83-47-23-27-51-93(83)106)60-90(96)105-91-61-76(74-43-31-45-81(59-74)107-94-52-28-24-48-84(94)85-49-25-29-53-95(85)107)55-57-97(91)109(99-63-77(62-98(108)100(99)105)68-32-12-7-13-33-68)102-88(71-38-18-10-19-39-71)66-79(104(4,5)6)67-89(102)72-40-20-11-21-41-72/h8-11,14-31,34-68H,7,12-13,32-33H2,1-6H3/i8D,9D,10D,11D,14D,15D,16D,17D,18D,19D,20D,21D,34D,35D,36D,37D,38D,39D,40D,41D,64D,65D. The molecule has 17 aromatic rings. The van der Waals surface area contributed by atoms with Crippen molar-refractivity contribution in [3.63, 3.8) is 0 Å². The summed E-state index contributed by atoms with van der Waals surface area (Å²) in [5, 5.41) is 4.14. The van der Waals surface area contributed by atoms with E-state index in [-0.39, 0.29) is 61.9 Å². The normalized spacial score (nSPS) is 16.5. The number of benzene rings is 15. The van der Waals surface area contributed by atoms with E-state index < -0.39 is 162 Å². The number of fused-ring (bicyclic) bond motifs is 10. The Bertz CT molecular complexity index is 7460. The van der Waals surface area contributed by atoms with Gasteiger partial charge in [-0.1, -0.05) is 303 Å². The molecule has 20 rings (SSSR count). The lowest BCUT2D eigenvalue weighted by atomic mass is 9.33. The van der Waals surface area contributed by atoms with E-state index in [0.717, 1.165) is 85.4 Å². The van der Waals surface area contributed by atoms with E-state index in [1.807, 2.05) is 135 Å².